The first kappa shape index (κ1) is 16.4. The van der Waals surface area contributed by atoms with Gasteiger partial charge in [-0.15, -0.1) is 0 Å². The van der Waals surface area contributed by atoms with Crippen LogP contribution >= 0.6 is 0 Å². The van der Waals surface area contributed by atoms with Crippen molar-refractivity contribution in [2.75, 3.05) is 0 Å². The third kappa shape index (κ3) is 4.24. The number of hydrogen-bond acceptors (Lipinski definition) is 3. The molecule has 0 saturated carbocycles. The van der Waals surface area contributed by atoms with E-state index < -0.39 is 8.32 Å². The largest absolute Gasteiger partial charge is 0.545 e. The van der Waals surface area contributed by atoms with E-state index in [-0.39, 0.29) is 6.10 Å². The molecule has 3 nitrogen and oxygen atoms in total. The molecule has 118 valence electrons. The first-order valence-corrected chi connectivity index (χ1v) is 10.7. The Bertz CT molecular complexity index is 429. The van der Waals surface area contributed by atoms with Gasteiger partial charge in [0, 0.05) is 6.42 Å². The molecular weight excluding hydrogens is 280 g/mol. The second-order valence-corrected chi connectivity index (χ2v) is 10.6. The summed E-state index contributed by atoms with van der Waals surface area (Å²) in [6, 6.07) is 7.40. The highest BCUT2D eigenvalue weighted by atomic mass is 28.4. The van der Waals surface area contributed by atoms with Gasteiger partial charge in [-0.1, -0.05) is 27.4 Å². The molecule has 21 heavy (non-hydrogen) atoms. The third-order valence-corrected chi connectivity index (χ3v) is 9.23. The molecule has 2 atom stereocenters. The van der Waals surface area contributed by atoms with Crippen molar-refractivity contribution < 1.29 is 13.6 Å². The molecule has 0 amide bonds. The zero-order valence-corrected chi connectivity index (χ0v) is 14.6. The molecular formula is C17H28O3Si. The van der Waals surface area contributed by atoms with Gasteiger partial charge in [0.05, 0.1) is 12.4 Å². The van der Waals surface area contributed by atoms with E-state index in [9.17, 15) is 0 Å². The van der Waals surface area contributed by atoms with E-state index in [1.54, 1.807) is 6.26 Å². The van der Waals surface area contributed by atoms with Crippen LogP contribution in [0.3, 0.4) is 0 Å². The highest BCUT2D eigenvalue weighted by Gasteiger charge is 2.44. The Balaban J connectivity index is 1.71. The highest BCUT2D eigenvalue weighted by molar-refractivity contribution is 6.73. The summed E-state index contributed by atoms with van der Waals surface area (Å²) < 4.78 is 17.4. The lowest BCUT2D eigenvalue weighted by Crippen LogP contribution is -2.36. The van der Waals surface area contributed by atoms with E-state index in [0.717, 1.165) is 48.9 Å². The number of furan rings is 1. The summed E-state index contributed by atoms with van der Waals surface area (Å²) in [5.74, 6) is 1.92. The van der Waals surface area contributed by atoms with Gasteiger partial charge in [-0.25, -0.2) is 0 Å². The summed E-state index contributed by atoms with van der Waals surface area (Å²) in [4.78, 5) is 0. The zero-order valence-electron chi connectivity index (χ0n) is 13.6. The molecule has 1 saturated heterocycles. The Morgan fingerprint density at radius 1 is 1.29 bits per heavy atom. The van der Waals surface area contributed by atoms with Gasteiger partial charge in [0.15, 0.2) is 0 Å². The standard InChI is InChI=1S/C17H28O3Si/c1-5-21(6-2,7-3)20-14(4)17-16(19-17)12-8-10-15-11-9-13-18-15/h9,11,13,16-17H,4-8,10,12H2,1-3H3. The average Bonchev–Trinajstić information content (AvgIpc) is 3.09. The van der Waals surface area contributed by atoms with Crippen molar-refractivity contribution in [1.82, 2.24) is 0 Å². The van der Waals surface area contributed by atoms with Crippen molar-refractivity contribution >= 4 is 8.32 Å². The SMILES string of the molecule is C=C(O[Si](CC)(CC)CC)C1OC1CCCc1ccco1. The van der Waals surface area contributed by atoms with Crippen molar-refractivity contribution in [2.45, 2.75) is 70.4 Å². The fraction of sp³-hybridized carbons (Fsp3) is 0.647. The lowest BCUT2D eigenvalue weighted by Gasteiger charge is -2.29. The topological polar surface area (TPSA) is 34.9 Å². The lowest BCUT2D eigenvalue weighted by atomic mass is 10.1. The van der Waals surface area contributed by atoms with Crippen LogP contribution in [-0.2, 0) is 15.6 Å². The molecule has 2 rings (SSSR count). The smallest absolute Gasteiger partial charge is 0.250 e. The van der Waals surface area contributed by atoms with Crippen LogP contribution in [-0.4, -0.2) is 20.5 Å². The van der Waals surface area contributed by atoms with Crippen molar-refractivity contribution in [3.05, 3.63) is 36.5 Å². The zero-order chi connectivity index (χ0) is 15.3. The third-order valence-electron chi connectivity index (χ3n) is 4.67. The van der Waals surface area contributed by atoms with Gasteiger partial charge in [-0.2, -0.15) is 0 Å². The minimum Gasteiger partial charge on any atom is -0.545 e. The van der Waals surface area contributed by atoms with Gasteiger partial charge in [0.2, 0.25) is 8.32 Å². The van der Waals surface area contributed by atoms with Crippen LogP contribution in [0.25, 0.3) is 0 Å². The molecule has 2 unspecified atom stereocenters. The predicted octanol–water partition coefficient (Wildman–Crippen LogP) is 4.91. The molecule has 1 aliphatic rings. The second-order valence-electron chi connectivity index (χ2n) is 5.88. The first-order chi connectivity index (χ1) is 10.1. The van der Waals surface area contributed by atoms with Crippen LogP contribution < -0.4 is 0 Å². The number of ether oxygens (including phenoxy) is 1. The lowest BCUT2D eigenvalue weighted by molar-refractivity contribution is 0.316. The summed E-state index contributed by atoms with van der Waals surface area (Å²) in [5, 5.41) is 0. The van der Waals surface area contributed by atoms with Crippen LogP contribution in [0.4, 0.5) is 0 Å². The minimum atomic E-state index is -1.60. The van der Waals surface area contributed by atoms with Crippen LogP contribution in [0.5, 0.6) is 0 Å². The van der Waals surface area contributed by atoms with E-state index in [4.69, 9.17) is 13.6 Å². The Kier molecular flexibility index (Phi) is 5.70. The fourth-order valence-electron chi connectivity index (χ4n) is 2.88. The van der Waals surface area contributed by atoms with Crippen molar-refractivity contribution in [2.24, 2.45) is 0 Å². The molecule has 0 aromatic carbocycles. The molecule has 0 N–H and O–H groups in total. The Morgan fingerprint density at radius 2 is 2.00 bits per heavy atom. The molecule has 1 fully saturated rings. The first-order valence-electron chi connectivity index (χ1n) is 8.19. The predicted molar refractivity (Wildman–Crippen MR) is 87.7 cm³/mol. The molecule has 1 aliphatic heterocycles. The maximum absolute atomic E-state index is 6.29. The molecule has 0 radical (unpaired) electrons. The maximum atomic E-state index is 6.29. The number of rotatable bonds is 10. The van der Waals surface area contributed by atoms with Gasteiger partial charge < -0.3 is 13.6 Å². The van der Waals surface area contributed by atoms with E-state index in [2.05, 4.69) is 27.4 Å². The van der Waals surface area contributed by atoms with E-state index >= 15 is 0 Å². The molecule has 0 spiro atoms. The normalized spacial score (nSPS) is 21.3. The molecule has 1 aromatic heterocycles. The highest BCUT2D eigenvalue weighted by Crippen LogP contribution is 2.36. The number of epoxide rings is 1. The molecule has 2 heterocycles. The van der Waals surface area contributed by atoms with Gasteiger partial charge >= 0.3 is 0 Å². The van der Waals surface area contributed by atoms with Gasteiger partial charge in [0.1, 0.15) is 17.6 Å². The Morgan fingerprint density at radius 3 is 2.57 bits per heavy atom. The molecule has 0 bridgehead atoms. The summed E-state index contributed by atoms with van der Waals surface area (Å²) in [6.45, 7) is 10.8. The Hall–Kier alpha value is -1.00. The van der Waals surface area contributed by atoms with Crippen LogP contribution in [0.2, 0.25) is 18.1 Å². The number of aryl methyl sites for hydroxylation is 1. The van der Waals surface area contributed by atoms with Crippen molar-refractivity contribution in [1.29, 1.82) is 0 Å². The fourth-order valence-corrected chi connectivity index (χ4v) is 5.49. The summed E-state index contributed by atoms with van der Waals surface area (Å²) in [5.41, 5.74) is 0. The van der Waals surface area contributed by atoms with Crippen LogP contribution in [0.15, 0.2) is 35.2 Å². The quantitative estimate of drug-likeness (QED) is 0.350. The summed E-state index contributed by atoms with van der Waals surface area (Å²) >= 11 is 0. The minimum absolute atomic E-state index is 0.123. The summed E-state index contributed by atoms with van der Waals surface area (Å²) in [7, 11) is -1.60. The van der Waals surface area contributed by atoms with Gasteiger partial charge in [-0.3, -0.25) is 0 Å². The maximum Gasteiger partial charge on any atom is 0.250 e. The average molecular weight is 308 g/mol. The Labute approximate surface area is 129 Å². The van der Waals surface area contributed by atoms with Crippen LogP contribution in [0.1, 0.15) is 39.4 Å². The number of hydrogen-bond donors (Lipinski definition) is 0. The summed E-state index contributed by atoms with van der Waals surface area (Å²) in [6.07, 6.45) is 5.26. The molecule has 4 heteroatoms. The van der Waals surface area contributed by atoms with Crippen LogP contribution in [0, 0.1) is 0 Å². The van der Waals surface area contributed by atoms with E-state index in [1.165, 1.54) is 0 Å². The molecule has 1 aromatic rings. The van der Waals surface area contributed by atoms with Crippen molar-refractivity contribution in [3.8, 4) is 0 Å². The van der Waals surface area contributed by atoms with E-state index in [0.29, 0.717) is 6.10 Å². The van der Waals surface area contributed by atoms with Gasteiger partial charge in [-0.05, 0) is 43.1 Å². The van der Waals surface area contributed by atoms with Gasteiger partial charge in [0.25, 0.3) is 0 Å². The molecule has 0 aliphatic carbocycles. The van der Waals surface area contributed by atoms with Crippen molar-refractivity contribution in [3.63, 3.8) is 0 Å². The van der Waals surface area contributed by atoms with E-state index in [1.807, 2.05) is 12.1 Å². The second kappa shape index (κ2) is 7.32. The monoisotopic (exact) mass is 308 g/mol.